The fourth-order valence-electron chi connectivity index (χ4n) is 0.965. The van der Waals surface area contributed by atoms with Crippen molar-refractivity contribution in [3.8, 4) is 0 Å². The van der Waals surface area contributed by atoms with Crippen molar-refractivity contribution in [3.63, 3.8) is 0 Å². The van der Waals surface area contributed by atoms with Crippen molar-refractivity contribution in [1.29, 1.82) is 0 Å². The van der Waals surface area contributed by atoms with Crippen molar-refractivity contribution in [2.75, 3.05) is 0 Å². The second-order valence-electron chi connectivity index (χ2n) is 3.18. The molecule has 16 heavy (non-hydrogen) atoms. The molecular formula is C10H14O5P. The molecule has 0 unspecified atom stereocenters. The van der Waals surface area contributed by atoms with Gasteiger partial charge in [-0.2, -0.15) is 0 Å². The van der Waals surface area contributed by atoms with Crippen molar-refractivity contribution >= 4 is 13.6 Å². The van der Waals surface area contributed by atoms with Crippen molar-refractivity contribution < 1.29 is 24.0 Å². The van der Waals surface area contributed by atoms with E-state index in [-0.39, 0.29) is 5.78 Å². The number of benzene rings is 1. The van der Waals surface area contributed by atoms with E-state index < -0.39 is 7.82 Å². The Labute approximate surface area is 94.0 Å². The minimum Gasteiger partial charge on any atom is -0.301 e. The number of hydrogen-bond donors (Lipinski definition) is 2. The maximum atomic E-state index is 10.6. The molecule has 0 heterocycles. The third-order valence-corrected chi connectivity index (χ3v) is 1.61. The lowest BCUT2D eigenvalue weighted by Gasteiger charge is -1.96. The molecule has 0 aliphatic carbocycles. The van der Waals surface area contributed by atoms with Crippen LogP contribution in [0.1, 0.15) is 18.9 Å². The third-order valence-electron chi connectivity index (χ3n) is 1.61. The first-order valence-electron chi connectivity index (χ1n) is 4.59. The zero-order chi connectivity index (χ0) is 12.6. The van der Waals surface area contributed by atoms with Gasteiger partial charge in [-0.1, -0.05) is 30.3 Å². The summed E-state index contributed by atoms with van der Waals surface area (Å²) < 4.78 is 8.77. The Balaban J connectivity index is 0.000000385. The quantitative estimate of drug-likeness (QED) is 0.792. The van der Waals surface area contributed by atoms with Crippen LogP contribution >= 0.6 is 7.82 Å². The van der Waals surface area contributed by atoms with E-state index >= 15 is 0 Å². The molecule has 0 amide bonds. The van der Waals surface area contributed by atoms with Crippen molar-refractivity contribution in [1.82, 2.24) is 0 Å². The van der Waals surface area contributed by atoms with Crippen LogP contribution in [0.15, 0.2) is 30.3 Å². The Bertz CT molecular complexity index is 348. The summed E-state index contributed by atoms with van der Waals surface area (Å²) in [6.45, 7) is 1.63. The van der Waals surface area contributed by atoms with E-state index in [0.29, 0.717) is 6.42 Å². The topological polar surface area (TPSA) is 94.5 Å². The first kappa shape index (κ1) is 15.0. The molecule has 0 aromatic heterocycles. The monoisotopic (exact) mass is 245 g/mol. The largest absolute Gasteiger partial charge is 0.497 e. The van der Waals surface area contributed by atoms with E-state index in [2.05, 4.69) is 0 Å². The molecule has 1 aromatic rings. The highest BCUT2D eigenvalue weighted by Crippen LogP contribution is 2.27. The van der Waals surface area contributed by atoms with Crippen LogP contribution < -0.4 is 0 Å². The molecule has 0 spiro atoms. The molecule has 0 atom stereocenters. The number of rotatable bonds is 3. The zero-order valence-electron chi connectivity index (χ0n) is 8.87. The van der Waals surface area contributed by atoms with Gasteiger partial charge in [-0.25, -0.2) is 4.57 Å². The van der Waals surface area contributed by atoms with E-state index in [1.165, 1.54) is 5.56 Å². The van der Waals surface area contributed by atoms with Gasteiger partial charge in [0.05, 0.1) is 0 Å². The molecule has 5 nitrogen and oxygen atoms in total. The average molecular weight is 245 g/mol. The lowest BCUT2D eigenvalue weighted by molar-refractivity contribution is -0.116. The Hall–Kier alpha value is -1.00. The van der Waals surface area contributed by atoms with Gasteiger partial charge in [0, 0.05) is 6.42 Å². The van der Waals surface area contributed by atoms with Crippen LogP contribution in [0.5, 0.6) is 0 Å². The number of aryl methyl sites for hydroxylation is 1. The first-order valence-corrected chi connectivity index (χ1v) is 6.12. The maximum Gasteiger partial charge on any atom is 0.497 e. The van der Waals surface area contributed by atoms with Gasteiger partial charge < -0.3 is 14.6 Å². The summed E-state index contributed by atoms with van der Waals surface area (Å²) in [6.07, 6.45) is 1.53. The molecule has 0 aliphatic rings. The highest BCUT2D eigenvalue weighted by atomic mass is 31.2. The molecule has 1 radical (unpaired) electrons. The van der Waals surface area contributed by atoms with Gasteiger partial charge in [-0.05, 0) is 18.9 Å². The second kappa shape index (κ2) is 7.30. The number of hydrogen-bond acceptors (Lipinski definition) is 2. The number of Topliss-reactive ketones (excluding diaryl/α,β-unsaturated/α-hetero) is 1. The summed E-state index contributed by atoms with van der Waals surface area (Å²) in [5.41, 5.74) is 1.24. The smallest absolute Gasteiger partial charge is 0.301 e. The molecule has 0 fully saturated rings. The summed E-state index contributed by atoms with van der Waals surface area (Å²) in [6, 6.07) is 10.1. The third kappa shape index (κ3) is 13.0. The van der Waals surface area contributed by atoms with Gasteiger partial charge >= 0.3 is 7.82 Å². The van der Waals surface area contributed by atoms with Crippen molar-refractivity contribution in [2.24, 2.45) is 0 Å². The molecule has 6 heteroatoms. The van der Waals surface area contributed by atoms with Gasteiger partial charge in [0.15, 0.2) is 0 Å². The zero-order valence-corrected chi connectivity index (χ0v) is 9.76. The minimum atomic E-state index is -4.89. The molecule has 1 aromatic carbocycles. The SMILES string of the molecule is CC(=O)CCc1ccccc1.[O]P(=O)(O)O. The standard InChI is InChI=1S/C10H12O.H2O4P/c1-9(11)7-8-10-5-3-2-4-6-10;1-5(2,3)4/h2-6H,7-8H2,1H3;(H2,1,2,3). The molecule has 1 rings (SSSR count). The molecule has 0 saturated heterocycles. The fourth-order valence-corrected chi connectivity index (χ4v) is 0.965. The Morgan fingerprint density at radius 2 is 1.69 bits per heavy atom. The van der Waals surface area contributed by atoms with Crippen LogP contribution in [0, 0.1) is 0 Å². The van der Waals surface area contributed by atoms with Gasteiger partial charge in [-0.3, -0.25) is 0 Å². The molecule has 2 N–H and O–H groups in total. The number of carbonyl (C=O) groups is 1. The van der Waals surface area contributed by atoms with Crippen LogP contribution in [-0.2, 0) is 20.7 Å². The summed E-state index contributed by atoms with van der Waals surface area (Å²) >= 11 is 0. The lowest BCUT2D eigenvalue weighted by Crippen LogP contribution is -1.92. The summed E-state index contributed by atoms with van der Waals surface area (Å²) in [5.74, 6) is 0.258. The molecule has 0 bridgehead atoms. The highest BCUT2D eigenvalue weighted by molar-refractivity contribution is 7.44. The van der Waals surface area contributed by atoms with Gasteiger partial charge in [-0.15, -0.1) is 4.89 Å². The van der Waals surface area contributed by atoms with Crippen molar-refractivity contribution in [2.45, 2.75) is 19.8 Å². The first-order chi connectivity index (χ1) is 7.29. The fraction of sp³-hybridized carbons (Fsp3) is 0.300. The predicted octanol–water partition coefficient (Wildman–Crippen LogP) is 1.72. The van der Waals surface area contributed by atoms with Crippen LogP contribution in [0.2, 0.25) is 0 Å². The Kier molecular flexibility index (Phi) is 6.85. The van der Waals surface area contributed by atoms with Gasteiger partial charge in [0.2, 0.25) is 0 Å². The normalized spacial score (nSPS) is 10.2. The molecule has 0 saturated carbocycles. The number of ketones is 1. The lowest BCUT2D eigenvalue weighted by atomic mass is 10.1. The Morgan fingerprint density at radius 3 is 2.06 bits per heavy atom. The van der Waals surface area contributed by atoms with E-state index in [1.54, 1.807) is 6.92 Å². The van der Waals surface area contributed by atoms with Crippen LogP contribution in [0.3, 0.4) is 0 Å². The summed E-state index contributed by atoms with van der Waals surface area (Å²) in [4.78, 5) is 33.5. The van der Waals surface area contributed by atoms with E-state index in [0.717, 1.165) is 6.42 Å². The van der Waals surface area contributed by atoms with E-state index in [1.807, 2.05) is 30.3 Å². The molecular weight excluding hydrogens is 231 g/mol. The number of carbonyl (C=O) groups excluding carboxylic acids is 1. The van der Waals surface area contributed by atoms with Crippen molar-refractivity contribution in [3.05, 3.63) is 35.9 Å². The predicted molar refractivity (Wildman–Crippen MR) is 58.2 cm³/mol. The van der Waals surface area contributed by atoms with E-state index in [9.17, 15) is 4.79 Å². The molecule has 89 valence electrons. The highest BCUT2D eigenvalue weighted by Gasteiger charge is 2.04. The average Bonchev–Trinajstić information content (AvgIpc) is 2.14. The van der Waals surface area contributed by atoms with Crippen LogP contribution in [0.25, 0.3) is 0 Å². The second-order valence-corrected chi connectivity index (χ2v) is 4.16. The molecule has 0 aliphatic heterocycles. The Morgan fingerprint density at radius 1 is 1.25 bits per heavy atom. The van der Waals surface area contributed by atoms with Crippen LogP contribution in [0.4, 0.5) is 0 Å². The van der Waals surface area contributed by atoms with Gasteiger partial charge in [0.1, 0.15) is 5.78 Å². The maximum absolute atomic E-state index is 10.6. The summed E-state index contributed by atoms with van der Waals surface area (Å²) in [5, 5.41) is 0. The van der Waals surface area contributed by atoms with Gasteiger partial charge in [0.25, 0.3) is 0 Å². The van der Waals surface area contributed by atoms with Crippen LogP contribution in [-0.4, -0.2) is 15.6 Å². The van der Waals surface area contributed by atoms with E-state index in [4.69, 9.17) is 19.2 Å². The minimum absolute atomic E-state index is 0.258. The summed E-state index contributed by atoms with van der Waals surface area (Å²) in [7, 11) is -4.89.